The first-order chi connectivity index (χ1) is 17.3. The minimum atomic E-state index is -3.38. The molecular formula is C26H28FN5O2S2. The van der Waals surface area contributed by atoms with Gasteiger partial charge in [-0.15, -0.1) is 11.3 Å². The Kier molecular flexibility index (Phi) is 6.67. The summed E-state index contributed by atoms with van der Waals surface area (Å²) in [6.45, 7) is 6.49. The van der Waals surface area contributed by atoms with Crippen molar-refractivity contribution >= 4 is 38.0 Å². The molecule has 0 spiro atoms. The summed E-state index contributed by atoms with van der Waals surface area (Å²) in [6, 6.07) is 10.5. The summed E-state index contributed by atoms with van der Waals surface area (Å²) in [4.78, 5) is 11.7. The van der Waals surface area contributed by atoms with E-state index in [9.17, 15) is 12.8 Å². The summed E-state index contributed by atoms with van der Waals surface area (Å²) in [5.74, 6) is 0.954. The van der Waals surface area contributed by atoms with Crippen molar-refractivity contribution in [3.8, 4) is 11.3 Å². The number of aryl methyl sites for hydroxylation is 1. The lowest BCUT2D eigenvalue weighted by Crippen LogP contribution is -2.36. The van der Waals surface area contributed by atoms with Gasteiger partial charge in [0.15, 0.2) is 5.13 Å². The average molecular weight is 526 g/mol. The Morgan fingerprint density at radius 2 is 1.89 bits per heavy atom. The number of rotatable bonds is 7. The second-order valence-corrected chi connectivity index (χ2v) is 11.6. The van der Waals surface area contributed by atoms with Crippen LogP contribution in [0.2, 0.25) is 0 Å². The number of fused-ring (bicyclic) bond motifs is 1. The smallest absolute Gasteiger partial charge is 0.235 e. The van der Waals surface area contributed by atoms with Crippen LogP contribution in [0.3, 0.4) is 0 Å². The third-order valence-corrected chi connectivity index (χ3v) is 9.18. The first-order valence-corrected chi connectivity index (χ1v) is 14.3. The molecule has 36 heavy (non-hydrogen) atoms. The molecule has 1 aliphatic rings. The molecule has 4 aromatic rings. The quantitative estimate of drug-likeness (QED) is 0.315. The van der Waals surface area contributed by atoms with E-state index in [1.165, 1.54) is 33.3 Å². The molecule has 0 N–H and O–H groups in total. The molecule has 0 atom stereocenters. The lowest BCUT2D eigenvalue weighted by atomic mass is 9.91. The number of sulfonamides is 1. The van der Waals surface area contributed by atoms with E-state index < -0.39 is 10.0 Å². The minimum absolute atomic E-state index is 0.265. The van der Waals surface area contributed by atoms with Crippen LogP contribution in [-0.4, -0.2) is 47.2 Å². The van der Waals surface area contributed by atoms with Gasteiger partial charge in [-0.3, -0.25) is 4.40 Å². The van der Waals surface area contributed by atoms with Crippen molar-refractivity contribution in [3.63, 3.8) is 0 Å². The number of piperidine rings is 1. The van der Waals surface area contributed by atoms with Crippen molar-refractivity contribution < 1.29 is 12.8 Å². The molecule has 188 valence electrons. The summed E-state index contributed by atoms with van der Waals surface area (Å²) in [5, 5.41) is 3.82. The number of halogens is 1. The van der Waals surface area contributed by atoms with Crippen molar-refractivity contribution in [1.82, 2.24) is 18.7 Å². The van der Waals surface area contributed by atoms with Crippen LogP contribution in [0.1, 0.15) is 36.9 Å². The number of anilines is 2. The first kappa shape index (κ1) is 24.6. The van der Waals surface area contributed by atoms with E-state index in [1.807, 2.05) is 18.5 Å². The van der Waals surface area contributed by atoms with Crippen molar-refractivity contribution in [2.75, 3.05) is 25.0 Å². The van der Waals surface area contributed by atoms with Gasteiger partial charge < -0.3 is 4.90 Å². The fraction of sp³-hybridized carbons (Fsp3) is 0.308. The minimum Gasteiger partial charge on any atom is -0.305 e. The van der Waals surface area contributed by atoms with Gasteiger partial charge in [0.1, 0.15) is 17.3 Å². The number of hydrogen-bond acceptors (Lipinski definition) is 6. The van der Waals surface area contributed by atoms with E-state index in [4.69, 9.17) is 9.97 Å². The maximum absolute atomic E-state index is 13.3. The number of hydrogen-bond donors (Lipinski definition) is 0. The lowest BCUT2D eigenvalue weighted by molar-refractivity contribution is 0.322. The fourth-order valence-corrected chi connectivity index (χ4v) is 6.47. The zero-order valence-electron chi connectivity index (χ0n) is 20.3. The predicted octanol–water partition coefficient (Wildman–Crippen LogP) is 5.58. The maximum atomic E-state index is 13.3. The van der Waals surface area contributed by atoms with Crippen molar-refractivity contribution in [2.45, 2.75) is 32.1 Å². The van der Waals surface area contributed by atoms with Gasteiger partial charge in [0.05, 0.1) is 11.4 Å². The van der Waals surface area contributed by atoms with Gasteiger partial charge in [0.25, 0.3) is 0 Å². The molecule has 0 bridgehead atoms. The molecule has 1 aromatic carbocycles. The molecule has 0 radical (unpaired) electrons. The van der Waals surface area contributed by atoms with Crippen LogP contribution >= 0.6 is 11.3 Å². The highest BCUT2D eigenvalue weighted by Crippen LogP contribution is 2.35. The number of pyridine rings is 1. The Morgan fingerprint density at radius 1 is 1.17 bits per heavy atom. The summed E-state index contributed by atoms with van der Waals surface area (Å²) < 4.78 is 41.2. The molecule has 1 saturated heterocycles. The van der Waals surface area contributed by atoms with E-state index in [-0.39, 0.29) is 11.7 Å². The fourth-order valence-electron chi connectivity index (χ4n) is 4.74. The van der Waals surface area contributed by atoms with Gasteiger partial charge >= 0.3 is 0 Å². The molecule has 0 unspecified atom stereocenters. The van der Waals surface area contributed by atoms with Gasteiger partial charge in [0, 0.05) is 42.7 Å². The zero-order valence-corrected chi connectivity index (χ0v) is 21.9. The topological polar surface area (TPSA) is 70.8 Å². The van der Waals surface area contributed by atoms with Crippen LogP contribution in [0.4, 0.5) is 15.3 Å². The Labute approximate surface area is 214 Å². The van der Waals surface area contributed by atoms with Gasteiger partial charge in [-0.05, 0) is 61.1 Å². The van der Waals surface area contributed by atoms with Crippen molar-refractivity contribution in [1.29, 1.82) is 0 Å². The average Bonchev–Trinajstić information content (AvgIpc) is 3.53. The molecule has 4 heterocycles. The van der Waals surface area contributed by atoms with Crippen LogP contribution in [0.15, 0.2) is 60.0 Å². The van der Waals surface area contributed by atoms with Crippen molar-refractivity contribution in [2.24, 2.45) is 0 Å². The van der Waals surface area contributed by atoms with Gasteiger partial charge in [-0.1, -0.05) is 19.6 Å². The Hall–Kier alpha value is -3.08. The van der Waals surface area contributed by atoms with E-state index in [2.05, 4.69) is 35.1 Å². The number of thiazole rings is 1. The highest BCUT2D eigenvalue weighted by Gasteiger charge is 2.27. The monoisotopic (exact) mass is 525 g/mol. The number of benzene rings is 1. The zero-order chi connectivity index (χ0) is 25.4. The van der Waals surface area contributed by atoms with Gasteiger partial charge in [-0.25, -0.2) is 22.8 Å². The van der Waals surface area contributed by atoms with E-state index >= 15 is 0 Å². The lowest BCUT2D eigenvalue weighted by Gasteiger charge is -2.30. The van der Waals surface area contributed by atoms with E-state index in [0.29, 0.717) is 13.1 Å². The number of imidazole rings is 1. The van der Waals surface area contributed by atoms with Gasteiger partial charge in [-0.2, -0.15) is 4.31 Å². The second-order valence-electron chi connectivity index (χ2n) is 8.89. The van der Waals surface area contributed by atoms with Crippen LogP contribution in [0, 0.1) is 5.82 Å². The van der Waals surface area contributed by atoms with Crippen LogP contribution < -0.4 is 4.90 Å². The largest absolute Gasteiger partial charge is 0.305 e. The molecule has 10 heteroatoms. The van der Waals surface area contributed by atoms with Crippen molar-refractivity contribution in [3.05, 3.63) is 77.0 Å². The number of aromatic nitrogens is 3. The molecule has 0 saturated carbocycles. The third-order valence-electron chi connectivity index (χ3n) is 6.75. The Balaban J connectivity index is 1.45. The second kappa shape index (κ2) is 9.76. The molecule has 1 fully saturated rings. The molecule has 0 aliphatic carbocycles. The maximum Gasteiger partial charge on any atom is 0.235 e. The highest BCUT2D eigenvalue weighted by molar-refractivity contribution is 7.92. The van der Waals surface area contributed by atoms with Crippen LogP contribution in [-0.2, 0) is 16.4 Å². The highest BCUT2D eigenvalue weighted by atomic mass is 32.2. The Morgan fingerprint density at radius 3 is 2.56 bits per heavy atom. The first-order valence-electron chi connectivity index (χ1n) is 11.9. The summed E-state index contributed by atoms with van der Waals surface area (Å²) >= 11 is 1.53. The normalized spacial score (nSPS) is 15.4. The summed E-state index contributed by atoms with van der Waals surface area (Å²) in [6.07, 6.45) is 4.41. The molecule has 3 aromatic heterocycles. The van der Waals surface area contributed by atoms with Crippen LogP contribution in [0.5, 0.6) is 0 Å². The molecule has 1 aliphatic heterocycles. The summed E-state index contributed by atoms with van der Waals surface area (Å²) in [7, 11) is -1.39. The third kappa shape index (κ3) is 4.56. The molecular weight excluding hydrogens is 497 g/mol. The Bertz CT molecular complexity index is 1500. The van der Waals surface area contributed by atoms with E-state index in [0.717, 1.165) is 58.2 Å². The molecule has 0 amide bonds. The van der Waals surface area contributed by atoms with Crippen LogP contribution in [0.25, 0.3) is 16.9 Å². The SMILES string of the molecule is C=CS(=O)(=O)N1CCC(c2ccc3nc(CC)c(N(C)c4nc(-c5ccc(F)cc5)cs4)n3c2)CC1. The van der Waals surface area contributed by atoms with Gasteiger partial charge in [0.2, 0.25) is 10.0 Å². The summed E-state index contributed by atoms with van der Waals surface area (Å²) in [5.41, 5.74) is 4.67. The number of nitrogens with zero attached hydrogens (tertiary/aromatic N) is 5. The standard InChI is InChI=1S/C26H28FN5O2S2/c1-4-22-25(30(3)26-29-23(17-35-26)19-6-9-21(27)10-7-19)32-16-20(8-11-24(32)28-22)18-12-14-31(15-13-18)36(33,34)5-2/h5-11,16-18H,2,4,12-15H2,1,3H3. The van der Waals surface area contributed by atoms with E-state index in [1.54, 1.807) is 12.1 Å². The molecule has 5 rings (SSSR count). The molecule has 7 nitrogen and oxygen atoms in total. The predicted molar refractivity (Wildman–Crippen MR) is 143 cm³/mol.